The SMILES string of the molecule is CCCCCC1CC=C(c2ccc(C3CCC(CC)CC3)c(Cl)c2F)CC1. The topological polar surface area (TPSA) is 0 Å². The average Bonchev–Trinajstić information content (AvgIpc) is 2.71. The van der Waals surface area contributed by atoms with Crippen LogP contribution in [0.5, 0.6) is 0 Å². The lowest BCUT2D eigenvalue weighted by molar-refractivity contribution is 0.318. The summed E-state index contributed by atoms with van der Waals surface area (Å²) < 4.78 is 15.1. The highest BCUT2D eigenvalue weighted by Crippen LogP contribution is 2.42. The molecule has 0 nitrogen and oxygen atoms in total. The molecule has 27 heavy (non-hydrogen) atoms. The van der Waals surface area contributed by atoms with Gasteiger partial charge in [0.15, 0.2) is 0 Å². The predicted octanol–water partition coefficient (Wildman–Crippen LogP) is 8.93. The molecule has 0 saturated heterocycles. The molecule has 0 heterocycles. The van der Waals surface area contributed by atoms with E-state index in [2.05, 4.69) is 26.0 Å². The van der Waals surface area contributed by atoms with E-state index >= 15 is 4.39 Å². The molecule has 150 valence electrons. The summed E-state index contributed by atoms with van der Waals surface area (Å²) in [6, 6.07) is 4.12. The minimum Gasteiger partial charge on any atom is -0.205 e. The van der Waals surface area contributed by atoms with Crippen LogP contribution in [0, 0.1) is 17.7 Å². The number of rotatable bonds is 7. The zero-order valence-corrected chi connectivity index (χ0v) is 18.0. The van der Waals surface area contributed by atoms with Gasteiger partial charge in [-0.25, -0.2) is 4.39 Å². The monoisotopic (exact) mass is 390 g/mol. The van der Waals surface area contributed by atoms with Crippen LogP contribution in [-0.4, -0.2) is 0 Å². The third-order valence-electron chi connectivity index (χ3n) is 7.06. The molecule has 3 rings (SSSR count). The largest absolute Gasteiger partial charge is 0.205 e. The Morgan fingerprint density at radius 1 is 1.00 bits per heavy atom. The minimum absolute atomic E-state index is 0.178. The van der Waals surface area contributed by atoms with E-state index in [1.807, 2.05) is 6.07 Å². The van der Waals surface area contributed by atoms with E-state index < -0.39 is 0 Å². The van der Waals surface area contributed by atoms with Crippen LogP contribution in [0.3, 0.4) is 0 Å². The lowest BCUT2D eigenvalue weighted by Gasteiger charge is -2.29. The third kappa shape index (κ3) is 5.17. The highest BCUT2D eigenvalue weighted by molar-refractivity contribution is 6.31. The van der Waals surface area contributed by atoms with Crippen LogP contribution >= 0.6 is 11.6 Å². The van der Waals surface area contributed by atoms with Gasteiger partial charge in [0.2, 0.25) is 0 Å². The first kappa shape index (κ1) is 20.9. The maximum absolute atomic E-state index is 15.1. The van der Waals surface area contributed by atoms with Crippen LogP contribution in [0.4, 0.5) is 4.39 Å². The van der Waals surface area contributed by atoms with Crippen LogP contribution in [-0.2, 0) is 0 Å². The van der Waals surface area contributed by atoms with Crippen molar-refractivity contribution in [1.29, 1.82) is 0 Å². The molecule has 1 atom stereocenters. The van der Waals surface area contributed by atoms with Crippen molar-refractivity contribution in [2.24, 2.45) is 11.8 Å². The zero-order chi connectivity index (χ0) is 19.2. The fourth-order valence-corrected chi connectivity index (χ4v) is 5.41. The lowest BCUT2D eigenvalue weighted by Crippen LogP contribution is -2.13. The van der Waals surface area contributed by atoms with Gasteiger partial charge >= 0.3 is 0 Å². The second-order valence-electron chi connectivity index (χ2n) is 8.82. The summed E-state index contributed by atoms with van der Waals surface area (Å²) in [5, 5.41) is 0.387. The van der Waals surface area contributed by atoms with Crippen molar-refractivity contribution in [1.82, 2.24) is 0 Å². The van der Waals surface area contributed by atoms with Crippen LogP contribution < -0.4 is 0 Å². The van der Waals surface area contributed by atoms with Crippen LogP contribution in [0.1, 0.15) is 108 Å². The number of allylic oxidation sites excluding steroid dienone is 2. The molecule has 2 heteroatoms. The van der Waals surface area contributed by atoms with Crippen molar-refractivity contribution in [3.05, 3.63) is 40.2 Å². The summed E-state index contributed by atoms with van der Waals surface area (Å²) in [5.41, 5.74) is 2.96. The molecule has 0 aliphatic heterocycles. The fourth-order valence-electron chi connectivity index (χ4n) is 5.09. The maximum Gasteiger partial charge on any atom is 0.149 e. The molecule has 2 aliphatic carbocycles. The Balaban J connectivity index is 1.67. The summed E-state index contributed by atoms with van der Waals surface area (Å²) in [6.07, 6.45) is 16.9. The van der Waals surface area contributed by atoms with Gasteiger partial charge in [0.05, 0.1) is 5.02 Å². The fraction of sp³-hybridized carbons (Fsp3) is 0.680. The molecule has 1 saturated carbocycles. The molecule has 0 bridgehead atoms. The van der Waals surface area contributed by atoms with E-state index in [1.54, 1.807) is 0 Å². The first-order valence-corrected chi connectivity index (χ1v) is 11.7. The maximum atomic E-state index is 15.1. The molecule has 0 spiro atoms. The van der Waals surface area contributed by atoms with Gasteiger partial charge < -0.3 is 0 Å². The average molecular weight is 391 g/mol. The number of hydrogen-bond donors (Lipinski definition) is 0. The highest BCUT2D eigenvalue weighted by atomic mass is 35.5. The van der Waals surface area contributed by atoms with E-state index in [-0.39, 0.29) is 5.82 Å². The molecular formula is C25H36ClF. The molecule has 1 aromatic carbocycles. The van der Waals surface area contributed by atoms with Gasteiger partial charge in [0, 0.05) is 5.56 Å². The van der Waals surface area contributed by atoms with E-state index in [9.17, 15) is 0 Å². The van der Waals surface area contributed by atoms with Crippen molar-refractivity contribution in [2.45, 2.75) is 96.8 Å². The van der Waals surface area contributed by atoms with Crippen molar-refractivity contribution in [2.75, 3.05) is 0 Å². The lowest BCUT2D eigenvalue weighted by atomic mass is 9.77. The number of benzene rings is 1. The van der Waals surface area contributed by atoms with E-state index in [1.165, 1.54) is 56.9 Å². The van der Waals surface area contributed by atoms with Gasteiger partial charge in [-0.1, -0.05) is 75.8 Å². The standard InChI is InChI=1S/C25H36ClF/c1-3-5-6-7-19-10-14-21(15-11-19)23-17-16-22(24(26)25(23)27)20-12-8-18(4-2)9-13-20/h14,16-20H,3-13,15H2,1-2H3. The second-order valence-corrected chi connectivity index (χ2v) is 9.20. The minimum atomic E-state index is -0.178. The Morgan fingerprint density at radius 2 is 1.78 bits per heavy atom. The Kier molecular flexibility index (Phi) is 7.82. The first-order chi connectivity index (χ1) is 13.1. The van der Waals surface area contributed by atoms with Gasteiger partial charge in [-0.3, -0.25) is 0 Å². The van der Waals surface area contributed by atoms with Gasteiger partial charge in [0.25, 0.3) is 0 Å². The Hall–Kier alpha value is -0.820. The Morgan fingerprint density at radius 3 is 2.41 bits per heavy atom. The van der Waals surface area contributed by atoms with E-state index in [0.29, 0.717) is 10.9 Å². The van der Waals surface area contributed by atoms with Gasteiger partial charge in [-0.2, -0.15) is 0 Å². The van der Waals surface area contributed by atoms with E-state index in [0.717, 1.165) is 48.6 Å². The van der Waals surface area contributed by atoms with Crippen molar-refractivity contribution in [3.8, 4) is 0 Å². The normalized spacial score (nSPS) is 26.1. The summed E-state index contributed by atoms with van der Waals surface area (Å²) >= 11 is 6.53. The molecule has 2 aliphatic rings. The molecule has 1 aromatic rings. The second kappa shape index (κ2) is 10.1. The third-order valence-corrected chi connectivity index (χ3v) is 7.44. The molecule has 0 N–H and O–H groups in total. The van der Waals surface area contributed by atoms with E-state index in [4.69, 9.17) is 11.6 Å². The summed E-state index contributed by atoms with van der Waals surface area (Å²) in [6.45, 7) is 4.53. The van der Waals surface area contributed by atoms with Crippen molar-refractivity contribution < 1.29 is 4.39 Å². The Labute approximate surface area is 170 Å². The molecule has 0 radical (unpaired) electrons. The first-order valence-electron chi connectivity index (χ1n) is 11.3. The van der Waals surface area contributed by atoms with Crippen LogP contribution in [0.25, 0.3) is 5.57 Å². The smallest absolute Gasteiger partial charge is 0.149 e. The Bertz CT molecular complexity index is 640. The number of hydrogen-bond acceptors (Lipinski definition) is 0. The zero-order valence-electron chi connectivity index (χ0n) is 17.2. The molecular weight excluding hydrogens is 355 g/mol. The molecule has 0 amide bonds. The summed E-state index contributed by atoms with van der Waals surface area (Å²) in [7, 11) is 0. The number of unbranched alkanes of at least 4 members (excludes halogenated alkanes) is 2. The molecule has 0 aromatic heterocycles. The summed E-state index contributed by atoms with van der Waals surface area (Å²) in [4.78, 5) is 0. The highest BCUT2D eigenvalue weighted by Gasteiger charge is 2.26. The molecule has 1 unspecified atom stereocenters. The van der Waals surface area contributed by atoms with Gasteiger partial charge in [0.1, 0.15) is 5.82 Å². The quantitative estimate of drug-likeness (QED) is 0.407. The molecule has 1 fully saturated rings. The van der Waals surface area contributed by atoms with Crippen LogP contribution in [0.15, 0.2) is 18.2 Å². The number of halogens is 2. The van der Waals surface area contributed by atoms with Gasteiger partial charge in [-0.15, -0.1) is 0 Å². The van der Waals surface area contributed by atoms with Crippen LogP contribution in [0.2, 0.25) is 5.02 Å². The van der Waals surface area contributed by atoms with Gasteiger partial charge in [-0.05, 0) is 73.8 Å². The predicted molar refractivity (Wildman–Crippen MR) is 116 cm³/mol. The van der Waals surface area contributed by atoms with Crippen molar-refractivity contribution >= 4 is 17.2 Å². The summed E-state index contributed by atoms with van der Waals surface area (Å²) in [5.74, 6) is 1.89. The van der Waals surface area contributed by atoms with Crippen molar-refractivity contribution in [3.63, 3.8) is 0 Å².